The number of methoxy groups -OCH3 is 1. The lowest BCUT2D eigenvalue weighted by Crippen LogP contribution is -2.02. The van der Waals surface area contributed by atoms with Gasteiger partial charge in [-0.3, -0.25) is 0 Å². The third-order valence-corrected chi connectivity index (χ3v) is 3.22. The van der Waals surface area contributed by atoms with Gasteiger partial charge in [-0.15, -0.1) is 0 Å². The summed E-state index contributed by atoms with van der Waals surface area (Å²) in [6.45, 7) is 3.09. The van der Waals surface area contributed by atoms with Gasteiger partial charge in [0.2, 0.25) is 5.88 Å². The van der Waals surface area contributed by atoms with E-state index in [1.54, 1.807) is 13.3 Å². The molecule has 0 aliphatic heterocycles. The molecule has 0 unspecified atom stereocenters. The van der Waals surface area contributed by atoms with Gasteiger partial charge in [-0.25, -0.2) is 4.98 Å². The second-order valence-electron chi connectivity index (χ2n) is 3.72. The van der Waals surface area contributed by atoms with E-state index in [0.717, 1.165) is 10.6 Å². The lowest BCUT2D eigenvalue weighted by molar-refractivity contribution is 0.344. The third-order valence-electron chi connectivity index (χ3n) is 2.42. The summed E-state index contributed by atoms with van der Waals surface area (Å²) < 4.78 is 14.6. The van der Waals surface area contributed by atoms with E-state index in [-0.39, 0.29) is 0 Å². The Labute approximate surface area is 115 Å². The fourth-order valence-corrected chi connectivity index (χ4v) is 2.20. The maximum absolute atomic E-state index is 5.75. The first-order valence-corrected chi connectivity index (χ1v) is 6.62. The number of hydrogen-bond acceptors (Lipinski definition) is 7. The van der Waals surface area contributed by atoms with Crippen LogP contribution in [0.15, 0.2) is 18.3 Å². The van der Waals surface area contributed by atoms with Gasteiger partial charge in [-0.1, -0.05) is 0 Å². The molecule has 2 aromatic rings. The maximum atomic E-state index is 5.75. The quantitative estimate of drug-likeness (QED) is 0.843. The fourth-order valence-electron chi connectivity index (χ4n) is 1.54. The summed E-state index contributed by atoms with van der Waals surface area (Å²) in [6.07, 6.45) is 1.71. The van der Waals surface area contributed by atoms with Gasteiger partial charge in [-0.05, 0) is 30.1 Å². The van der Waals surface area contributed by atoms with E-state index in [0.29, 0.717) is 30.6 Å². The van der Waals surface area contributed by atoms with E-state index in [2.05, 4.69) is 14.7 Å². The Morgan fingerprint density at radius 3 is 3.05 bits per heavy atom. The Morgan fingerprint density at radius 2 is 2.32 bits per heavy atom. The highest BCUT2D eigenvalue weighted by Gasteiger charge is 2.12. The van der Waals surface area contributed by atoms with Crippen molar-refractivity contribution in [2.24, 2.45) is 0 Å². The Morgan fingerprint density at radius 1 is 1.47 bits per heavy atom. The van der Waals surface area contributed by atoms with E-state index in [4.69, 9.17) is 15.2 Å². The van der Waals surface area contributed by atoms with Crippen molar-refractivity contribution in [3.05, 3.63) is 23.9 Å². The lowest BCUT2D eigenvalue weighted by Gasteiger charge is -2.08. The van der Waals surface area contributed by atoms with E-state index in [1.165, 1.54) is 11.5 Å². The number of aromatic nitrogens is 2. The van der Waals surface area contributed by atoms with Gasteiger partial charge in [0.05, 0.1) is 13.7 Å². The van der Waals surface area contributed by atoms with Crippen LogP contribution in [-0.4, -0.2) is 23.1 Å². The van der Waals surface area contributed by atoms with Crippen molar-refractivity contribution in [3.8, 4) is 11.6 Å². The first-order valence-electron chi connectivity index (χ1n) is 5.85. The van der Waals surface area contributed by atoms with Crippen LogP contribution in [0, 0.1) is 0 Å². The molecule has 6 nitrogen and oxygen atoms in total. The van der Waals surface area contributed by atoms with Crippen LogP contribution >= 0.6 is 11.5 Å². The molecule has 0 saturated carbocycles. The van der Waals surface area contributed by atoms with Crippen LogP contribution < -0.4 is 20.5 Å². The molecule has 0 aliphatic carbocycles. The van der Waals surface area contributed by atoms with Gasteiger partial charge in [0, 0.05) is 18.8 Å². The van der Waals surface area contributed by atoms with Crippen LogP contribution in [0.25, 0.3) is 0 Å². The second-order valence-corrected chi connectivity index (χ2v) is 4.49. The Hall–Kier alpha value is -2.02. The van der Waals surface area contributed by atoms with Crippen LogP contribution in [0.1, 0.15) is 12.5 Å². The van der Waals surface area contributed by atoms with Crippen LogP contribution in [0.4, 0.5) is 10.8 Å². The molecular formula is C12H16N4O2S. The molecule has 0 aliphatic rings. The van der Waals surface area contributed by atoms with E-state index >= 15 is 0 Å². The summed E-state index contributed by atoms with van der Waals surface area (Å²) in [5.74, 6) is 1.63. The molecule has 0 spiro atoms. The number of pyridine rings is 1. The Bertz CT molecular complexity index is 544. The molecule has 0 atom stereocenters. The normalized spacial score (nSPS) is 10.2. The van der Waals surface area contributed by atoms with Gasteiger partial charge in [0.15, 0.2) is 16.6 Å². The summed E-state index contributed by atoms with van der Waals surface area (Å²) in [7, 11) is 1.59. The highest BCUT2D eigenvalue weighted by molar-refractivity contribution is 7.11. The molecule has 0 bridgehead atoms. The molecule has 0 fully saturated rings. The van der Waals surface area contributed by atoms with Crippen LogP contribution in [0.5, 0.6) is 11.6 Å². The summed E-state index contributed by atoms with van der Waals surface area (Å²) in [6, 6.07) is 3.79. The summed E-state index contributed by atoms with van der Waals surface area (Å²) in [4.78, 5) is 4.06. The van der Waals surface area contributed by atoms with Gasteiger partial charge in [0.25, 0.3) is 0 Å². The van der Waals surface area contributed by atoms with Crippen LogP contribution in [0.3, 0.4) is 0 Å². The number of nitrogens with zero attached hydrogens (tertiary/aromatic N) is 2. The first kappa shape index (κ1) is 13.4. The zero-order chi connectivity index (χ0) is 13.7. The van der Waals surface area contributed by atoms with Crippen molar-refractivity contribution in [2.75, 3.05) is 24.8 Å². The molecule has 2 rings (SSSR count). The number of anilines is 2. The molecule has 3 N–H and O–H groups in total. The molecule has 7 heteroatoms. The molecule has 2 aromatic heterocycles. The van der Waals surface area contributed by atoms with Crippen molar-refractivity contribution < 1.29 is 9.47 Å². The number of nitrogens with two attached hydrogens (primary N) is 1. The molecule has 0 amide bonds. The predicted octanol–water partition coefficient (Wildman–Crippen LogP) is 2.14. The topological polar surface area (TPSA) is 82.3 Å². The standard InChI is InChI=1S/C12H16N4O2S/c1-3-18-10-11(13)16-19-12(10)15-7-8-4-5-14-9(6-8)17-2/h4-6,15H,3,7H2,1-2H3,(H2,13,16). The number of nitrogen functional groups attached to an aromatic ring is 1. The van der Waals surface area contributed by atoms with Gasteiger partial charge in [-0.2, -0.15) is 4.37 Å². The van der Waals surface area contributed by atoms with Crippen molar-refractivity contribution in [1.29, 1.82) is 0 Å². The maximum Gasteiger partial charge on any atom is 0.213 e. The molecule has 0 aromatic carbocycles. The van der Waals surface area contributed by atoms with Crippen molar-refractivity contribution in [1.82, 2.24) is 9.36 Å². The molecule has 2 heterocycles. The SMILES string of the molecule is CCOc1c(N)nsc1NCc1ccnc(OC)c1. The largest absolute Gasteiger partial charge is 0.487 e. The summed E-state index contributed by atoms with van der Waals surface area (Å²) >= 11 is 1.29. The third kappa shape index (κ3) is 3.25. The molecule has 0 radical (unpaired) electrons. The smallest absolute Gasteiger partial charge is 0.213 e. The average molecular weight is 280 g/mol. The number of nitrogens with one attached hydrogen (secondary N) is 1. The Kier molecular flexibility index (Phi) is 4.40. The zero-order valence-corrected chi connectivity index (χ0v) is 11.7. The second kappa shape index (κ2) is 6.24. The zero-order valence-electron chi connectivity index (χ0n) is 10.8. The molecule has 19 heavy (non-hydrogen) atoms. The van der Waals surface area contributed by atoms with Crippen molar-refractivity contribution in [3.63, 3.8) is 0 Å². The summed E-state index contributed by atoms with van der Waals surface area (Å²) in [5, 5.41) is 4.08. The average Bonchev–Trinajstić information content (AvgIpc) is 2.78. The minimum atomic E-state index is 0.418. The minimum absolute atomic E-state index is 0.418. The van der Waals surface area contributed by atoms with Crippen molar-refractivity contribution >= 4 is 22.4 Å². The number of rotatable bonds is 6. The monoisotopic (exact) mass is 280 g/mol. The summed E-state index contributed by atoms with van der Waals surface area (Å²) in [5.41, 5.74) is 6.80. The highest BCUT2D eigenvalue weighted by atomic mass is 32.1. The van der Waals surface area contributed by atoms with Gasteiger partial charge in [0.1, 0.15) is 0 Å². The molecular weight excluding hydrogens is 264 g/mol. The molecule has 102 valence electrons. The van der Waals surface area contributed by atoms with Crippen molar-refractivity contribution in [2.45, 2.75) is 13.5 Å². The number of ether oxygens (including phenoxy) is 2. The minimum Gasteiger partial charge on any atom is -0.487 e. The van der Waals surface area contributed by atoms with Crippen LogP contribution in [-0.2, 0) is 6.54 Å². The van der Waals surface area contributed by atoms with E-state index in [1.807, 2.05) is 19.1 Å². The Balaban J connectivity index is 2.05. The van der Waals surface area contributed by atoms with Gasteiger partial charge >= 0.3 is 0 Å². The fraction of sp³-hybridized carbons (Fsp3) is 0.333. The highest BCUT2D eigenvalue weighted by Crippen LogP contribution is 2.35. The van der Waals surface area contributed by atoms with Crippen LogP contribution in [0.2, 0.25) is 0 Å². The van der Waals surface area contributed by atoms with E-state index < -0.39 is 0 Å². The van der Waals surface area contributed by atoms with E-state index in [9.17, 15) is 0 Å². The molecule has 0 saturated heterocycles. The number of hydrogen-bond donors (Lipinski definition) is 2. The lowest BCUT2D eigenvalue weighted by atomic mass is 10.2. The van der Waals surface area contributed by atoms with Gasteiger partial charge < -0.3 is 20.5 Å². The predicted molar refractivity (Wildman–Crippen MR) is 75.8 cm³/mol. The first-order chi connectivity index (χ1) is 9.24.